The summed E-state index contributed by atoms with van der Waals surface area (Å²) in [5, 5.41) is 23.2. The van der Waals surface area contributed by atoms with Gasteiger partial charge in [-0.05, 0) is 51.4 Å². The molecule has 0 aliphatic carbocycles. The fourth-order valence-corrected chi connectivity index (χ4v) is 9.33. The third-order valence-corrected chi connectivity index (χ3v) is 13.9. The van der Waals surface area contributed by atoms with Crippen LogP contribution in [0.5, 0.6) is 0 Å². The molecule has 2 unspecified atom stereocenters. The topological polar surface area (TPSA) is 69.6 Å². The molecule has 65 heavy (non-hydrogen) atoms. The Bertz CT molecular complexity index is 989. The molecule has 2 atom stereocenters. The molecule has 0 aromatic carbocycles. The van der Waals surface area contributed by atoms with Crippen LogP contribution in [0.1, 0.15) is 328 Å². The van der Waals surface area contributed by atoms with Crippen molar-refractivity contribution in [2.24, 2.45) is 0 Å². The maximum Gasteiger partial charge on any atom is 0.220 e. The van der Waals surface area contributed by atoms with Crippen LogP contribution in [0.15, 0.2) is 36.5 Å². The normalized spacial score (nSPS) is 13.0. The first kappa shape index (κ1) is 63.6. The monoisotopic (exact) mass is 912 g/mol. The lowest BCUT2D eigenvalue weighted by atomic mass is 10.0. The lowest BCUT2D eigenvalue weighted by molar-refractivity contribution is -0.123. The molecule has 0 rings (SSSR count). The van der Waals surface area contributed by atoms with Crippen molar-refractivity contribution in [1.82, 2.24) is 5.32 Å². The predicted octanol–water partition coefficient (Wildman–Crippen LogP) is 19.6. The Morgan fingerprint density at radius 1 is 0.369 bits per heavy atom. The van der Waals surface area contributed by atoms with Crippen molar-refractivity contribution in [3.63, 3.8) is 0 Å². The summed E-state index contributed by atoms with van der Waals surface area (Å²) in [5.74, 6) is -0.0620. The molecular formula is C61H117NO3. The number of allylic oxidation sites excluding steroid dienone is 5. The quantitative estimate of drug-likeness (QED) is 0.0421. The second-order valence-electron chi connectivity index (χ2n) is 20.4. The smallest absolute Gasteiger partial charge is 0.220 e. The lowest BCUT2D eigenvalue weighted by Gasteiger charge is -2.20. The van der Waals surface area contributed by atoms with Gasteiger partial charge in [0.25, 0.3) is 0 Å². The average Bonchev–Trinajstić information content (AvgIpc) is 3.31. The van der Waals surface area contributed by atoms with Gasteiger partial charge in [0.05, 0.1) is 18.8 Å². The van der Waals surface area contributed by atoms with E-state index in [2.05, 4.69) is 43.5 Å². The van der Waals surface area contributed by atoms with E-state index < -0.39 is 12.1 Å². The van der Waals surface area contributed by atoms with Gasteiger partial charge >= 0.3 is 0 Å². The number of nitrogens with one attached hydrogen (secondary N) is 1. The van der Waals surface area contributed by atoms with Crippen LogP contribution in [0.4, 0.5) is 0 Å². The van der Waals surface area contributed by atoms with Gasteiger partial charge in [-0.1, -0.05) is 307 Å². The summed E-state index contributed by atoms with van der Waals surface area (Å²) in [6.07, 6.45) is 77.5. The number of carbonyl (C=O) groups is 1. The molecule has 0 heterocycles. The van der Waals surface area contributed by atoms with E-state index in [0.29, 0.717) is 6.42 Å². The van der Waals surface area contributed by atoms with Crippen molar-refractivity contribution >= 4 is 5.91 Å². The first-order valence-electron chi connectivity index (χ1n) is 29.7. The van der Waals surface area contributed by atoms with Crippen LogP contribution >= 0.6 is 0 Å². The van der Waals surface area contributed by atoms with Gasteiger partial charge in [0.15, 0.2) is 0 Å². The van der Waals surface area contributed by atoms with Gasteiger partial charge in [0.2, 0.25) is 5.91 Å². The molecule has 4 heteroatoms. The fraction of sp³-hybridized carbons (Fsp3) is 0.885. The largest absolute Gasteiger partial charge is 0.394 e. The van der Waals surface area contributed by atoms with E-state index >= 15 is 0 Å². The number of carbonyl (C=O) groups excluding carboxylic acids is 1. The van der Waals surface area contributed by atoms with E-state index in [1.54, 1.807) is 6.08 Å². The Kier molecular flexibility index (Phi) is 55.7. The Labute approximate surface area is 408 Å². The van der Waals surface area contributed by atoms with Crippen molar-refractivity contribution in [1.29, 1.82) is 0 Å². The molecule has 0 radical (unpaired) electrons. The summed E-state index contributed by atoms with van der Waals surface area (Å²) in [6, 6.07) is -0.624. The molecule has 0 saturated heterocycles. The number of aliphatic hydroxyl groups excluding tert-OH is 2. The minimum absolute atomic E-state index is 0.0620. The zero-order valence-corrected chi connectivity index (χ0v) is 44.3. The third-order valence-electron chi connectivity index (χ3n) is 13.9. The van der Waals surface area contributed by atoms with Crippen LogP contribution in [0.2, 0.25) is 0 Å². The highest BCUT2D eigenvalue weighted by Gasteiger charge is 2.18. The van der Waals surface area contributed by atoms with Crippen molar-refractivity contribution in [2.75, 3.05) is 6.61 Å². The van der Waals surface area contributed by atoms with Crippen LogP contribution < -0.4 is 5.32 Å². The van der Waals surface area contributed by atoms with E-state index in [0.717, 1.165) is 32.1 Å². The van der Waals surface area contributed by atoms with Gasteiger partial charge in [-0.3, -0.25) is 4.79 Å². The van der Waals surface area contributed by atoms with Crippen LogP contribution in [0, 0.1) is 0 Å². The minimum atomic E-state index is -0.841. The Balaban J connectivity index is 3.46. The summed E-state index contributed by atoms with van der Waals surface area (Å²) in [5.41, 5.74) is 0. The van der Waals surface area contributed by atoms with E-state index in [1.165, 1.54) is 276 Å². The summed E-state index contributed by atoms with van der Waals surface area (Å²) in [6.45, 7) is 4.33. The molecule has 4 nitrogen and oxygen atoms in total. The van der Waals surface area contributed by atoms with Gasteiger partial charge in [0, 0.05) is 6.42 Å². The molecule has 384 valence electrons. The summed E-state index contributed by atoms with van der Waals surface area (Å²) < 4.78 is 0. The zero-order chi connectivity index (χ0) is 47.0. The summed E-state index contributed by atoms with van der Waals surface area (Å²) >= 11 is 0. The number of amides is 1. The van der Waals surface area contributed by atoms with Crippen LogP contribution in [-0.2, 0) is 4.79 Å². The summed E-state index contributed by atoms with van der Waals surface area (Å²) in [4.78, 5) is 12.5. The van der Waals surface area contributed by atoms with Gasteiger partial charge in [-0.2, -0.15) is 0 Å². The molecule has 0 spiro atoms. The standard InChI is InChI=1S/C61H117NO3/c1-3-5-7-9-11-13-15-17-19-21-23-25-27-28-29-30-31-32-33-35-36-38-40-42-44-46-48-50-52-54-56-60(64)59(58-63)62-61(65)57-55-53-51-49-47-45-43-41-39-37-34-26-24-22-20-18-16-14-12-10-8-6-4-2/h16,18,22,24,54,56,59-60,63-64H,3-15,17,19-21,23,25-53,55,57-58H2,1-2H3,(H,62,65)/b18-16-,24-22-,56-54+. The van der Waals surface area contributed by atoms with Gasteiger partial charge in [-0.25, -0.2) is 0 Å². The lowest BCUT2D eigenvalue weighted by Crippen LogP contribution is -2.45. The molecule has 1 amide bonds. The molecule has 0 aromatic heterocycles. The second kappa shape index (κ2) is 56.9. The molecule has 0 aromatic rings. The maximum atomic E-state index is 12.5. The minimum Gasteiger partial charge on any atom is -0.394 e. The highest BCUT2D eigenvalue weighted by molar-refractivity contribution is 5.76. The molecule has 0 fully saturated rings. The van der Waals surface area contributed by atoms with Crippen molar-refractivity contribution in [3.8, 4) is 0 Å². The first-order chi connectivity index (χ1) is 32.2. The van der Waals surface area contributed by atoms with Crippen molar-refractivity contribution in [3.05, 3.63) is 36.5 Å². The van der Waals surface area contributed by atoms with Gasteiger partial charge in [0.1, 0.15) is 0 Å². The fourth-order valence-electron chi connectivity index (χ4n) is 9.33. The number of hydrogen-bond acceptors (Lipinski definition) is 3. The maximum absolute atomic E-state index is 12.5. The molecular weight excluding hydrogens is 795 g/mol. The predicted molar refractivity (Wildman–Crippen MR) is 290 cm³/mol. The second-order valence-corrected chi connectivity index (χ2v) is 20.4. The molecule has 0 saturated carbocycles. The average molecular weight is 913 g/mol. The van der Waals surface area contributed by atoms with Crippen molar-refractivity contribution < 1.29 is 15.0 Å². The number of hydrogen-bond donors (Lipinski definition) is 3. The highest BCUT2D eigenvalue weighted by atomic mass is 16.3. The SMILES string of the molecule is CCCCCCC/C=C\C/C=C\CCCCCCCCCCCCCC(=O)NC(CO)C(O)/C=C/CCCCCCCCCCCCCCCCCCCCCCCCCCCCCC. The Morgan fingerprint density at radius 3 is 0.923 bits per heavy atom. The van der Waals surface area contributed by atoms with E-state index in [9.17, 15) is 15.0 Å². The molecule has 0 bridgehead atoms. The van der Waals surface area contributed by atoms with Crippen LogP contribution in [-0.4, -0.2) is 34.9 Å². The van der Waals surface area contributed by atoms with Crippen LogP contribution in [0.3, 0.4) is 0 Å². The van der Waals surface area contributed by atoms with Gasteiger partial charge < -0.3 is 15.5 Å². The molecule has 0 aliphatic rings. The van der Waals surface area contributed by atoms with Crippen molar-refractivity contribution in [2.45, 2.75) is 341 Å². The molecule has 3 N–H and O–H groups in total. The third kappa shape index (κ3) is 53.4. The molecule has 0 aliphatic heterocycles. The summed E-state index contributed by atoms with van der Waals surface area (Å²) in [7, 11) is 0. The zero-order valence-electron chi connectivity index (χ0n) is 44.3. The number of rotatable bonds is 55. The first-order valence-corrected chi connectivity index (χ1v) is 29.7. The Hall–Kier alpha value is -1.39. The highest BCUT2D eigenvalue weighted by Crippen LogP contribution is 2.18. The van der Waals surface area contributed by atoms with Gasteiger partial charge in [-0.15, -0.1) is 0 Å². The number of aliphatic hydroxyl groups is 2. The number of unbranched alkanes of at least 4 members (excludes halogenated alkanes) is 44. The van der Waals surface area contributed by atoms with E-state index in [-0.39, 0.29) is 12.5 Å². The van der Waals surface area contributed by atoms with Crippen LogP contribution in [0.25, 0.3) is 0 Å². The van der Waals surface area contributed by atoms with E-state index in [1.807, 2.05) is 6.08 Å². The van der Waals surface area contributed by atoms with E-state index in [4.69, 9.17) is 0 Å². The Morgan fingerprint density at radius 2 is 0.631 bits per heavy atom.